The van der Waals surface area contributed by atoms with Crippen LogP contribution in [-0.2, 0) is 11.2 Å². The Kier molecular flexibility index (Phi) is 7.59. The first kappa shape index (κ1) is 24.4. The molecule has 0 spiro atoms. The van der Waals surface area contributed by atoms with Gasteiger partial charge in [0.2, 0.25) is 5.91 Å². The number of hydrogen-bond acceptors (Lipinski definition) is 4. The second kappa shape index (κ2) is 11.2. The molecule has 2 aliphatic heterocycles. The molecule has 2 aromatic rings. The Bertz CT molecular complexity index is 1180. The summed E-state index contributed by atoms with van der Waals surface area (Å²) in [5.41, 5.74) is 4.25. The van der Waals surface area contributed by atoms with Crippen molar-refractivity contribution in [3.8, 4) is 5.75 Å². The molecule has 196 valence electrons. The highest BCUT2D eigenvalue weighted by Crippen LogP contribution is 2.38. The van der Waals surface area contributed by atoms with Crippen molar-refractivity contribution < 1.29 is 12.3 Å². The number of fused-ring (bicyclic) bond motifs is 1. The average Bonchev–Trinajstić information content (AvgIpc) is 2.84. The van der Waals surface area contributed by atoms with E-state index < -0.39 is 0 Å². The molecule has 4 atom stereocenters. The molecule has 1 fully saturated rings. The van der Waals surface area contributed by atoms with Gasteiger partial charge in [-0.15, -0.1) is 0 Å². The second-order valence-corrected chi connectivity index (χ2v) is 11.5. The number of benzene rings is 2. The maximum atomic E-state index is 12.1. The number of aryl methyl sites for hydroxylation is 1. The maximum Gasteiger partial charge on any atom is 0.227 e. The third-order valence-electron chi connectivity index (χ3n) is 7.42. The topological polar surface area (TPSA) is 44.8 Å². The fourth-order valence-corrected chi connectivity index (χ4v) is 5.92. The Balaban J connectivity index is 1.34. The molecule has 1 N–H and O–H groups in total. The molecule has 1 saturated heterocycles. The first-order valence-corrected chi connectivity index (χ1v) is 13.7. The Morgan fingerprint density at radius 1 is 1.11 bits per heavy atom. The van der Waals surface area contributed by atoms with Gasteiger partial charge in [-0.1, -0.05) is 49.2 Å². The van der Waals surface area contributed by atoms with Gasteiger partial charge in [0.15, 0.2) is 0 Å². The monoisotopic (exact) mass is 533 g/mol. The van der Waals surface area contributed by atoms with Crippen LogP contribution in [0.25, 0.3) is 0 Å². The van der Waals surface area contributed by atoms with Gasteiger partial charge in [-0.05, 0) is 69.2 Å². The molecule has 4 rings (SSSR count). The zero-order valence-corrected chi connectivity index (χ0v) is 23.7. The van der Waals surface area contributed by atoms with E-state index in [9.17, 15) is 4.79 Å². The Labute approximate surface area is 228 Å². The summed E-state index contributed by atoms with van der Waals surface area (Å²) in [7, 11) is 0. The number of carbonyl (C=O) groups excluding carboxylic acids is 1. The number of amides is 1. The third kappa shape index (κ3) is 5.79. The Morgan fingerprint density at radius 2 is 1.81 bits per heavy atom. The van der Waals surface area contributed by atoms with Crippen LogP contribution in [0.5, 0.6) is 5.75 Å². The van der Waals surface area contributed by atoms with Gasteiger partial charge in [-0.2, -0.15) is 0 Å². The average molecular weight is 535 g/mol. The molecular formula is C29H39Cl2N3O2. The molecular weight excluding hydrogens is 493 g/mol. The predicted molar refractivity (Wildman–Crippen MR) is 151 cm³/mol. The lowest BCUT2D eigenvalue weighted by Crippen LogP contribution is -2.57. The number of piperazine rings is 1. The van der Waals surface area contributed by atoms with E-state index in [0.717, 1.165) is 49.5 Å². The number of ether oxygens (including phenoxy) is 1. The van der Waals surface area contributed by atoms with Gasteiger partial charge in [-0.3, -0.25) is 9.69 Å². The van der Waals surface area contributed by atoms with Crippen LogP contribution in [0.3, 0.4) is 0 Å². The number of nitrogens with one attached hydrogen (secondary N) is 1. The number of rotatable bonds is 7. The highest BCUT2D eigenvalue weighted by Gasteiger charge is 2.32. The largest absolute Gasteiger partial charge is 0.493 e. The van der Waals surface area contributed by atoms with E-state index >= 15 is 0 Å². The molecule has 0 aromatic heterocycles. The lowest BCUT2D eigenvalue weighted by Gasteiger charge is -2.47. The molecule has 0 saturated carbocycles. The number of anilines is 2. The number of carbonyl (C=O) groups is 1. The minimum atomic E-state index is -0.00216. The van der Waals surface area contributed by atoms with Crippen LogP contribution in [-0.4, -0.2) is 49.1 Å². The molecule has 1 amide bonds. The molecule has 0 aliphatic carbocycles. The van der Waals surface area contributed by atoms with E-state index in [1.807, 2.05) is 13.0 Å². The molecule has 0 radical (unpaired) electrons. The predicted octanol–water partition coefficient (Wildman–Crippen LogP) is 6.75. The van der Waals surface area contributed by atoms with E-state index in [-0.39, 0.29) is 36.0 Å². The summed E-state index contributed by atoms with van der Waals surface area (Å²) in [5, 5.41) is 3.74. The van der Waals surface area contributed by atoms with Crippen LogP contribution in [0.2, 0.25) is 10.0 Å². The quantitative estimate of drug-likeness (QED) is 0.427. The minimum Gasteiger partial charge on any atom is -0.493 e. The van der Waals surface area contributed by atoms with Crippen molar-refractivity contribution in [1.29, 1.82) is 0 Å². The fourth-order valence-electron chi connectivity index (χ4n) is 5.50. The van der Waals surface area contributed by atoms with Gasteiger partial charge in [0.05, 0.1) is 25.1 Å². The van der Waals surface area contributed by atoms with Crippen LogP contribution < -0.4 is 15.0 Å². The molecule has 4 unspecified atom stereocenters. The van der Waals surface area contributed by atoms with Crippen LogP contribution in [0.1, 0.15) is 53.5 Å². The summed E-state index contributed by atoms with van der Waals surface area (Å²) in [6.07, 6.45) is 1.68. The van der Waals surface area contributed by atoms with E-state index in [0.29, 0.717) is 33.8 Å². The summed E-state index contributed by atoms with van der Waals surface area (Å²) in [6, 6.07) is 4.62. The van der Waals surface area contributed by atoms with Crippen molar-refractivity contribution in [2.24, 2.45) is 11.8 Å². The van der Waals surface area contributed by atoms with Gasteiger partial charge in [0, 0.05) is 49.4 Å². The normalized spacial score (nSPS) is 24.1. The van der Waals surface area contributed by atoms with E-state index in [1.165, 1.54) is 5.56 Å². The van der Waals surface area contributed by atoms with E-state index in [2.05, 4.69) is 48.9 Å². The SMILES string of the molecule is [2H]c1c([2H])c(N2C(C)CN(CC(C)CCOc3cc4c(cc3C)CC(C)C(=O)N4)CC2C)c(Cl)c(Cl)c1C. The first-order chi connectivity index (χ1) is 17.9. The van der Waals surface area contributed by atoms with Gasteiger partial charge in [-0.25, -0.2) is 0 Å². The molecule has 2 heterocycles. The minimum absolute atomic E-state index is 0.00216. The Hall–Kier alpha value is -1.95. The molecule has 36 heavy (non-hydrogen) atoms. The summed E-state index contributed by atoms with van der Waals surface area (Å²) in [6.45, 7) is 15.5. The molecule has 0 bridgehead atoms. The van der Waals surface area contributed by atoms with Gasteiger partial charge in [0.1, 0.15) is 5.75 Å². The van der Waals surface area contributed by atoms with E-state index in [4.69, 9.17) is 30.7 Å². The highest BCUT2D eigenvalue weighted by molar-refractivity contribution is 6.44. The summed E-state index contributed by atoms with van der Waals surface area (Å²) in [5.74, 6) is 1.33. The number of halogens is 2. The summed E-state index contributed by atoms with van der Waals surface area (Å²) < 4.78 is 23.0. The number of nitrogens with zero attached hydrogens (tertiary/aromatic N) is 2. The van der Waals surface area contributed by atoms with Crippen molar-refractivity contribution >= 4 is 40.5 Å². The van der Waals surface area contributed by atoms with Crippen molar-refractivity contribution in [3.63, 3.8) is 0 Å². The van der Waals surface area contributed by atoms with Crippen molar-refractivity contribution in [2.45, 2.75) is 66.5 Å². The van der Waals surface area contributed by atoms with Crippen molar-refractivity contribution in [3.05, 3.63) is 51.0 Å². The van der Waals surface area contributed by atoms with Crippen LogP contribution >= 0.6 is 23.2 Å². The summed E-state index contributed by atoms with van der Waals surface area (Å²) in [4.78, 5) is 16.7. The third-order valence-corrected chi connectivity index (χ3v) is 8.36. The van der Waals surface area contributed by atoms with Gasteiger partial charge >= 0.3 is 0 Å². The maximum absolute atomic E-state index is 12.1. The van der Waals surface area contributed by atoms with Crippen LogP contribution in [0.15, 0.2) is 24.2 Å². The molecule has 5 nitrogen and oxygen atoms in total. The van der Waals surface area contributed by atoms with Crippen LogP contribution in [0, 0.1) is 25.7 Å². The Morgan fingerprint density at radius 3 is 2.50 bits per heavy atom. The zero-order valence-electron chi connectivity index (χ0n) is 24.2. The standard InChI is InChI=1S/C29H39Cl2N3O2/c1-17(9-10-36-26-13-24-23(11-19(26)3)12-20(4)29(35)32-24)14-33-15-21(5)34(22(6)16-33)25-8-7-18(2)27(30)28(25)31/h7-8,11,13,17,20-22H,9-10,12,14-16H2,1-6H3,(H,32,35)/i7D,8D. The second-order valence-electron chi connectivity index (χ2n) is 10.8. The smallest absolute Gasteiger partial charge is 0.227 e. The highest BCUT2D eigenvalue weighted by atomic mass is 35.5. The summed E-state index contributed by atoms with van der Waals surface area (Å²) >= 11 is 13.0. The fraction of sp³-hybridized carbons (Fsp3) is 0.552. The molecule has 2 aliphatic rings. The molecule has 2 aromatic carbocycles. The van der Waals surface area contributed by atoms with Crippen molar-refractivity contribution in [2.75, 3.05) is 36.5 Å². The van der Waals surface area contributed by atoms with Gasteiger partial charge in [0.25, 0.3) is 0 Å². The van der Waals surface area contributed by atoms with E-state index in [1.54, 1.807) is 6.92 Å². The first-order valence-electron chi connectivity index (χ1n) is 13.9. The van der Waals surface area contributed by atoms with Gasteiger partial charge < -0.3 is 15.0 Å². The van der Waals surface area contributed by atoms with Crippen LogP contribution in [0.4, 0.5) is 11.4 Å². The lowest BCUT2D eigenvalue weighted by molar-refractivity contribution is -0.119. The number of hydrogen-bond donors (Lipinski definition) is 1. The molecule has 7 heteroatoms. The van der Waals surface area contributed by atoms with Crippen molar-refractivity contribution in [1.82, 2.24) is 4.90 Å². The zero-order chi connectivity index (χ0) is 27.9. The lowest BCUT2D eigenvalue weighted by atomic mass is 9.93.